The Hall–Kier alpha value is -0.670. The average Bonchev–Trinajstić information content (AvgIpc) is 2.95. The minimum absolute atomic E-state index is 0.0543. The highest BCUT2D eigenvalue weighted by Crippen LogP contribution is 2.48. The largest absolute Gasteiger partial charge is 0.269 e. The van der Waals surface area contributed by atoms with Crippen LogP contribution in [-0.4, -0.2) is 11.0 Å². The molecule has 0 bridgehead atoms. The van der Waals surface area contributed by atoms with Crippen LogP contribution in [0, 0.1) is 0 Å². The minimum atomic E-state index is 0.0543. The molecule has 2 aromatic carbocycles. The molecule has 2 atom stereocenters. The molecule has 0 saturated carbocycles. The van der Waals surface area contributed by atoms with Crippen molar-refractivity contribution in [2.75, 3.05) is 0 Å². The maximum atomic E-state index is 6.30. The van der Waals surface area contributed by atoms with Gasteiger partial charge in [0, 0.05) is 26.2 Å². The lowest BCUT2D eigenvalue weighted by Crippen LogP contribution is -2.06. The molecule has 0 spiro atoms. The van der Waals surface area contributed by atoms with Gasteiger partial charge in [0.15, 0.2) is 0 Å². The first-order valence-corrected chi connectivity index (χ1v) is 8.66. The highest BCUT2D eigenvalue weighted by atomic mass is 35.5. The monoisotopic (exact) mass is 353 g/mol. The number of aliphatic imine (C=N–C) groups is 1. The summed E-state index contributed by atoms with van der Waals surface area (Å²) in [6.45, 7) is 0. The molecule has 0 N–H and O–H groups in total. The second-order valence-electron chi connectivity index (χ2n) is 5.16. The van der Waals surface area contributed by atoms with Gasteiger partial charge in [-0.1, -0.05) is 46.9 Å². The van der Waals surface area contributed by atoms with Crippen LogP contribution in [0.5, 0.6) is 0 Å². The first-order valence-electron chi connectivity index (χ1n) is 6.59. The first kappa shape index (κ1) is 14.0. The Balaban J connectivity index is 1.73. The van der Waals surface area contributed by atoms with E-state index in [0.29, 0.717) is 15.3 Å². The predicted molar refractivity (Wildman–Crippen MR) is 92.3 cm³/mol. The van der Waals surface area contributed by atoms with E-state index in [2.05, 4.69) is 6.07 Å². The van der Waals surface area contributed by atoms with Crippen molar-refractivity contribution in [1.82, 2.24) is 0 Å². The summed E-state index contributed by atoms with van der Waals surface area (Å²) in [5, 5.41) is 2.57. The molecule has 4 rings (SSSR count). The van der Waals surface area contributed by atoms with Crippen LogP contribution in [0.2, 0.25) is 15.1 Å². The van der Waals surface area contributed by atoms with Crippen molar-refractivity contribution in [3.63, 3.8) is 0 Å². The summed E-state index contributed by atoms with van der Waals surface area (Å²) in [7, 11) is 0. The molecule has 2 aliphatic rings. The number of benzene rings is 2. The van der Waals surface area contributed by atoms with Gasteiger partial charge < -0.3 is 0 Å². The Labute approximate surface area is 142 Å². The van der Waals surface area contributed by atoms with Crippen molar-refractivity contribution >= 4 is 52.3 Å². The maximum absolute atomic E-state index is 6.30. The lowest BCUT2D eigenvalue weighted by molar-refractivity contribution is 1.05. The zero-order chi connectivity index (χ0) is 14.6. The summed E-state index contributed by atoms with van der Waals surface area (Å²) in [5.41, 5.74) is 4.72. The molecule has 21 heavy (non-hydrogen) atoms. The second kappa shape index (κ2) is 5.20. The number of hydrogen-bond acceptors (Lipinski definition) is 2. The van der Waals surface area contributed by atoms with Gasteiger partial charge in [-0.2, -0.15) is 0 Å². The summed E-state index contributed by atoms with van der Waals surface area (Å²) in [5.74, 6) is 0. The van der Waals surface area contributed by atoms with E-state index in [1.807, 2.05) is 36.0 Å². The molecule has 1 heterocycles. The molecule has 1 nitrogen and oxygen atoms in total. The Morgan fingerprint density at radius 1 is 1.00 bits per heavy atom. The summed E-state index contributed by atoms with van der Waals surface area (Å²) in [4.78, 5) is 4.89. The Morgan fingerprint density at radius 3 is 2.57 bits per heavy atom. The van der Waals surface area contributed by atoms with Crippen molar-refractivity contribution in [3.05, 3.63) is 68.2 Å². The van der Waals surface area contributed by atoms with Crippen LogP contribution in [0.1, 0.15) is 22.1 Å². The molecular weight excluding hydrogens is 345 g/mol. The SMILES string of the molecule is Clc1ccc(C2N=C3c4ccc(Cl)cc4CC3S2)c(Cl)c1. The third-order valence-corrected chi connectivity index (χ3v) is 5.96. The molecule has 0 saturated heterocycles. The van der Waals surface area contributed by atoms with Gasteiger partial charge in [-0.15, -0.1) is 11.8 Å². The Bertz CT molecular complexity index is 772. The van der Waals surface area contributed by atoms with Gasteiger partial charge in [-0.3, -0.25) is 4.99 Å². The molecule has 106 valence electrons. The zero-order valence-electron chi connectivity index (χ0n) is 10.8. The van der Waals surface area contributed by atoms with E-state index in [1.165, 1.54) is 16.8 Å². The predicted octanol–water partition coefficient (Wildman–Crippen LogP) is 5.81. The van der Waals surface area contributed by atoms with Crippen molar-refractivity contribution in [3.8, 4) is 0 Å². The standard InChI is InChI=1S/C16H10Cl3NS/c17-9-1-3-11-8(5-9)6-14-15(11)20-16(21-14)12-4-2-10(18)7-13(12)19/h1-5,7,14,16H,6H2. The van der Waals surface area contributed by atoms with Gasteiger partial charge in [-0.25, -0.2) is 0 Å². The number of nitrogens with zero attached hydrogens (tertiary/aromatic N) is 1. The van der Waals surface area contributed by atoms with Crippen LogP contribution in [0.3, 0.4) is 0 Å². The average molecular weight is 355 g/mol. The van der Waals surface area contributed by atoms with Gasteiger partial charge in [0.05, 0.1) is 11.0 Å². The minimum Gasteiger partial charge on any atom is -0.269 e. The smallest absolute Gasteiger partial charge is 0.123 e. The van der Waals surface area contributed by atoms with E-state index < -0.39 is 0 Å². The van der Waals surface area contributed by atoms with E-state index in [-0.39, 0.29) is 5.37 Å². The summed E-state index contributed by atoms with van der Waals surface area (Å²) < 4.78 is 0. The van der Waals surface area contributed by atoms with Gasteiger partial charge in [0.2, 0.25) is 0 Å². The molecule has 2 aromatic rings. The fourth-order valence-electron chi connectivity index (χ4n) is 2.87. The van der Waals surface area contributed by atoms with Crippen LogP contribution in [0.4, 0.5) is 0 Å². The fraction of sp³-hybridized carbons (Fsp3) is 0.188. The normalized spacial score (nSPS) is 22.9. The summed E-state index contributed by atoms with van der Waals surface area (Å²) in [6, 6.07) is 11.7. The third kappa shape index (κ3) is 2.39. The molecular formula is C16H10Cl3NS. The number of thioether (sulfide) groups is 1. The first-order chi connectivity index (χ1) is 10.1. The quantitative estimate of drug-likeness (QED) is 0.630. The number of fused-ring (bicyclic) bond motifs is 3. The van der Waals surface area contributed by atoms with Crippen LogP contribution in [0.15, 0.2) is 41.4 Å². The molecule has 5 heteroatoms. The summed E-state index contributed by atoms with van der Waals surface area (Å²) >= 11 is 20.2. The van der Waals surface area contributed by atoms with Gasteiger partial charge >= 0.3 is 0 Å². The topological polar surface area (TPSA) is 12.4 Å². The van der Waals surface area contributed by atoms with Gasteiger partial charge in [0.1, 0.15) is 5.37 Å². The number of halogens is 3. The van der Waals surface area contributed by atoms with Crippen LogP contribution in [0.25, 0.3) is 0 Å². The van der Waals surface area contributed by atoms with E-state index in [9.17, 15) is 0 Å². The second-order valence-corrected chi connectivity index (χ2v) is 7.73. The van der Waals surface area contributed by atoms with E-state index in [4.69, 9.17) is 39.8 Å². The van der Waals surface area contributed by atoms with Crippen molar-refractivity contribution in [2.24, 2.45) is 4.99 Å². The molecule has 1 aliphatic carbocycles. The van der Waals surface area contributed by atoms with Gasteiger partial charge in [0.25, 0.3) is 0 Å². The maximum Gasteiger partial charge on any atom is 0.123 e. The molecule has 0 radical (unpaired) electrons. The van der Waals surface area contributed by atoms with Crippen molar-refractivity contribution in [2.45, 2.75) is 17.0 Å². The lowest BCUT2D eigenvalue weighted by Gasteiger charge is -2.11. The Morgan fingerprint density at radius 2 is 1.76 bits per heavy atom. The summed E-state index contributed by atoms with van der Waals surface area (Å²) in [6.07, 6.45) is 0.987. The highest BCUT2D eigenvalue weighted by molar-refractivity contribution is 8.01. The lowest BCUT2D eigenvalue weighted by atomic mass is 10.1. The molecule has 1 aliphatic heterocycles. The number of rotatable bonds is 1. The highest BCUT2D eigenvalue weighted by Gasteiger charge is 2.37. The molecule has 0 amide bonds. The third-order valence-electron chi connectivity index (χ3n) is 3.83. The van der Waals surface area contributed by atoms with Crippen LogP contribution < -0.4 is 0 Å². The fourth-order valence-corrected chi connectivity index (χ4v) is 5.07. The zero-order valence-corrected chi connectivity index (χ0v) is 13.9. The van der Waals surface area contributed by atoms with Crippen molar-refractivity contribution < 1.29 is 0 Å². The van der Waals surface area contributed by atoms with E-state index in [1.54, 1.807) is 6.07 Å². The molecule has 0 fully saturated rings. The molecule has 0 aromatic heterocycles. The molecule has 2 unspecified atom stereocenters. The van der Waals surface area contributed by atoms with E-state index in [0.717, 1.165) is 17.0 Å². The van der Waals surface area contributed by atoms with E-state index >= 15 is 0 Å². The van der Waals surface area contributed by atoms with Crippen LogP contribution >= 0.6 is 46.6 Å². The Kier molecular flexibility index (Phi) is 3.46. The van der Waals surface area contributed by atoms with Crippen LogP contribution in [-0.2, 0) is 6.42 Å². The number of hydrogen-bond donors (Lipinski definition) is 0. The van der Waals surface area contributed by atoms with Crippen molar-refractivity contribution in [1.29, 1.82) is 0 Å². The van der Waals surface area contributed by atoms with Gasteiger partial charge in [-0.05, 0) is 36.2 Å².